The lowest BCUT2D eigenvalue weighted by Crippen LogP contribution is -2.29. The molecule has 1 aliphatic heterocycles. The second kappa shape index (κ2) is 10.1. The van der Waals surface area contributed by atoms with E-state index in [0.717, 1.165) is 22.1 Å². The van der Waals surface area contributed by atoms with Gasteiger partial charge in [-0.05, 0) is 46.9 Å². The van der Waals surface area contributed by atoms with Gasteiger partial charge in [-0.15, -0.1) is 0 Å². The average molecular weight is 517 g/mol. The summed E-state index contributed by atoms with van der Waals surface area (Å²) >= 11 is 0. The molecule has 1 aromatic heterocycles. The Bertz CT molecular complexity index is 1650. The predicted molar refractivity (Wildman–Crippen MR) is 147 cm³/mol. The number of benzene rings is 4. The molecule has 4 aromatic carbocycles. The number of fused-ring (bicyclic) bond motifs is 2. The van der Waals surface area contributed by atoms with E-state index in [4.69, 9.17) is 4.74 Å². The van der Waals surface area contributed by atoms with Crippen LogP contribution in [0.1, 0.15) is 56.0 Å². The highest BCUT2D eigenvalue weighted by Crippen LogP contribution is 2.43. The van der Waals surface area contributed by atoms with E-state index in [2.05, 4.69) is 4.98 Å². The molecular formula is C33H25FN2O3. The first-order valence-electron chi connectivity index (χ1n) is 12.9. The Kier molecular flexibility index (Phi) is 6.37. The SMILES string of the molecule is CCc1c2c(c(OC(c3ccccc3)c3ccccc3)c3ncccc13)C(=O)N(Cc1ccc(F)cc1)C2=O. The fraction of sp³-hybridized carbons (Fsp3) is 0.121. The Morgan fingerprint density at radius 2 is 1.41 bits per heavy atom. The molecule has 0 spiro atoms. The van der Waals surface area contributed by atoms with Crippen LogP contribution in [0.2, 0.25) is 0 Å². The summed E-state index contributed by atoms with van der Waals surface area (Å²) in [6, 6.07) is 29.1. The lowest BCUT2D eigenvalue weighted by Gasteiger charge is -2.23. The number of nitrogens with zero attached hydrogens (tertiary/aromatic N) is 2. The highest BCUT2D eigenvalue weighted by molar-refractivity contribution is 6.26. The number of rotatable bonds is 7. The van der Waals surface area contributed by atoms with E-state index >= 15 is 0 Å². The van der Waals surface area contributed by atoms with Gasteiger partial charge in [-0.25, -0.2) is 4.39 Å². The number of hydrogen-bond donors (Lipinski definition) is 0. The maximum absolute atomic E-state index is 14.0. The second-order valence-corrected chi connectivity index (χ2v) is 9.45. The van der Waals surface area contributed by atoms with Gasteiger partial charge < -0.3 is 4.74 Å². The van der Waals surface area contributed by atoms with Crippen molar-refractivity contribution < 1.29 is 18.7 Å². The van der Waals surface area contributed by atoms with Crippen LogP contribution in [-0.4, -0.2) is 21.7 Å². The van der Waals surface area contributed by atoms with Crippen LogP contribution < -0.4 is 4.74 Å². The molecule has 0 aliphatic carbocycles. The van der Waals surface area contributed by atoms with E-state index in [9.17, 15) is 14.0 Å². The summed E-state index contributed by atoms with van der Waals surface area (Å²) in [5, 5.41) is 0.776. The van der Waals surface area contributed by atoms with Crippen LogP contribution in [0.5, 0.6) is 5.75 Å². The lowest BCUT2D eigenvalue weighted by atomic mass is 9.94. The van der Waals surface area contributed by atoms with Crippen molar-refractivity contribution in [3.8, 4) is 5.75 Å². The summed E-state index contributed by atoms with van der Waals surface area (Å²) < 4.78 is 20.3. The molecule has 0 radical (unpaired) electrons. The molecule has 6 rings (SSSR count). The van der Waals surface area contributed by atoms with Gasteiger partial charge >= 0.3 is 0 Å². The first-order chi connectivity index (χ1) is 19.1. The highest BCUT2D eigenvalue weighted by Gasteiger charge is 2.42. The van der Waals surface area contributed by atoms with Gasteiger partial charge in [0.15, 0.2) is 5.75 Å². The Hall–Kier alpha value is -4.84. The first-order valence-corrected chi connectivity index (χ1v) is 12.9. The number of aryl methyl sites for hydroxylation is 1. The molecule has 0 saturated carbocycles. The first kappa shape index (κ1) is 24.5. The Morgan fingerprint density at radius 3 is 2.03 bits per heavy atom. The Labute approximate surface area is 225 Å². The summed E-state index contributed by atoms with van der Waals surface area (Å²) in [6.07, 6.45) is 1.66. The van der Waals surface area contributed by atoms with Gasteiger partial charge in [0.1, 0.15) is 17.4 Å². The molecule has 5 nitrogen and oxygen atoms in total. The normalized spacial score (nSPS) is 12.8. The highest BCUT2D eigenvalue weighted by atomic mass is 19.1. The van der Waals surface area contributed by atoms with Crippen LogP contribution in [0, 0.1) is 5.82 Å². The molecule has 5 aromatic rings. The van der Waals surface area contributed by atoms with Gasteiger partial charge in [0, 0.05) is 11.6 Å². The van der Waals surface area contributed by atoms with Gasteiger partial charge in [-0.2, -0.15) is 0 Å². The summed E-state index contributed by atoms with van der Waals surface area (Å²) in [6.45, 7) is 1.99. The number of hydrogen-bond acceptors (Lipinski definition) is 4. The van der Waals surface area contributed by atoms with Crippen LogP contribution in [0.4, 0.5) is 4.39 Å². The van der Waals surface area contributed by atoms with Crippen LogP contribution in [-0.2, 0) is 13.0 Å². The number of halogens is 1. The molecule has 0 atom stereocenters. The molecule has 0 fully saturated rings. The largest absolute Gasteiger partial charge is 0.478 e. The fourth-order valence-electron chi connectivity index (χ4n) is 5.25. The second-order valence-electron chi connectivity index (χ2n) is 9.45. The van der Waals surface area contributed by atoms with Crippen molar-refractivity contribution in [2.24, 2.45) is 0 Å². The third-order valence-corrected chi connectivity index (χ3v) is 7.09. The van der Waals surface area contributed by atoms with E-state index < -0.39 is 12.0 Å². The summed E-state index contributed by atoms with van der Waals surface area (Å²) in [7, 11) is 0. The fourth-order valence-corrected chi connectivity index (χ4v) is 5.25. The molecule has 192 valence electrons. The van der Waals surface area contributed by atoms with Crippen LogP contribution >= 0.6 is 0 Å². The van der Waals surface area contributed by atoms with Crippen molar-refractivity contribution in [1.29, 1.82) is 0 Å². The van der Waals surface area contributed by atoms with Gasteiger partial charge in [0.2, 0.25) is 0 Å². The molecule has 0 bridgehead atoms. The molecular weight excluding hydrogens is 491 g/mol. The molecule has 6 heteroatoms. The number of amides is 2. The molecule has 0 unspecified atom stereocenters. The standard InChI is InChI=1S/C33H25FN2O3/c1-2-25-26-14-9-19-35-29(26)31(39-30(22-10-5-3-6-11-22)23-12-7-4-8-13-23)28-27(25)32(37)36(33(28)38)20-21-15-17-24(34)18-16-21/h3-19,30H,2,20H2,1H3. The zero-order chi connectivity index (χ0) is 26.9. The molecule has 39 heavy (non-hydrogen) atoms. The van der Waals surface area contributed by atoms with Crippen molar-refractivity contribution >= 4 is 22.7 Å². The Morgan fingerprint density at radius 1 is 0.795 bits per heavy atom. The maximum atomic E-state index is 14.0. The molecule has 0 N–H and O–H groups in total. The van der Waals surface area contributed by atoms with Crippen molar-refractivity contribution in [3.63, 3.8) is 0 Å². The van der Waals surface area contributed by atoms with Gasteiger partial charge in [0.05, 0.1) is 17.7 Å². The third kappa shape index (κ3) is 4.34. The van der Waals surface area contributed by atoms with Gasteiger partial charge in [0.25, 0.3) is 11.8 Å². The van der Waals surface area contributed by atoms with Crippen LogP contribution in [0.15, 0.2) is 103 Å². The number of pyridine rings is 1. The monoisotopic (exact) mass is 516 g/mol. The van der Waals surface area contributed by atoms with Gasteiger partial charge in [-0.3, -0.25) is 19.5 Å². The third-order valence-electron chi connectivity index (χ3n) is 7.09. The van der Waals surface area contributed by atoms with Crippen molar-refractivity contribution in [2.45, 2.75) is 26.0 Å². The minimum absolute atomic E-state index is 0.0276. The van der Waals surface area contributed by atoms with Crippen molar-refractivity contribution in [3.05, 3.63) is 142 Å². The maximum Gasteiger partial charge on any atom is 0.265 e. The topological polar surface area (TPSA) is 59.5 Å². The van der Waals surface area contributed by atoms with E-state index in [-0.39, 0.29) is 29.6 Å². The number of aromatic nitrogens is 1. The quantitative estimate of drug-likeness (QED) is 0.221. The minimum atomic E-state index is -0.539. The Balaban J connectivity index is 1.54. The zero-order valence-corrected chi connectivity index (χ0v) is 21.3. The van der Waals surface area contributed by atoms with E-state index in [0.29, 0.717) is 23.1 Å². The summed E-state index contributed by atoms with van der Waals surface area (Å²) in [5.74, 6) is -0.926. The summed E-state index contributed by atoms with van der Waals surface area (Å²) in [5.41, 5.74) is 4.33. The van der Waals surface area contributed by atoms with Crippen LogP contribution in [0.3, 0.4) is 0 Å². The van der Waals surface area contributed by atoms with Crippen LogP contribution in [0.25, 0.3) is 10.9 Å². The summed E-state index contributed by atoms with van der Waals surface area (Å²) in [4.78, 5) is 33.7. The van der Waals surface area contributed by atoms with Crippen molar-refractivity contribution in [2.75, 3.05) is 0 Å². The number of ether oxygens (including phenoxy) is 1. The smallest absolute Gasteiger partial charge is 0.265 e. The number of carbonyl (C=O) groups excluding carboxylic acids is 2. The zero-order valence-electron chi connectivity index (χ0n) is 21.3. The number of carbonyl (C=O) groups is 2. The van der Waals surface area contributed by atoms with Crippen molar-refractivity contribution in [1.82, 2.24) is 9.88 Å². The molecule has 0 saturated heterocycles. The molecule has 2 heterocycles. The predicted octanol–water partition coefficient (Wildman–Crippen LogP) is 6.90. The average Bonchev–Trinajstić information content (AvgIpc) is 3.22. The van der Waals surface area contributed by atoms with E-state index in [1.54, 1.807) is 18.3 Å². The molecule has 1 aliphatic rings. The van der Waals surface area contributed by atoms with Gasteiger partial charge in [-0.1, -0.05) is 85.8 Å². The van der Waals surface area contributed by atoms with E-state index in [1.165, 1.54) is 17.0 Å². The molecule has 2 amide bonds. The van der Waals surface area contributed by atoms with E-state index in [1.807, 2.05) is 79.7 Å². The number of imide groups is 1. The lowest BCUT2D eigenvalue weighted by molar-refractivity contribution is 0.0640. The minimum Gasteiger partial charge on any atom is -0.478 e.